The van der Waals surface area contributed by atoms with Gasteiger partial charge < -0.3 is 4.90 Å². The van der Waals surface area contributed by atoms with Gasteiger partial charge in [0.15, 0.2) is 0 Å². The Morgan fingerprint density at radius 1 is 1.09 bits per heavy atom. The first-order chi connectivity index (χ1) is 16.2. The molecule has 0 aliphatic carbocycles. The normalized spacial score (nSPS) is 18.7. The van der Waals surface area contributed by atoms with E-state index in [0.717, 1.165) is 41.9 Å². The topological polar surface area (TPSA) is 46.1 Å². The van der Waals surface area contributed by atoms with Crippen molar-refractivity contribution in [1.82, 2.24) is 14.9 Å². The predicted octanol–water partition coefficient (Wildman–Crippen LogP) is 6.34. The maximum atomic E-state index is 13.8. The minimum Gasteiger partial charge on any atom is -0.334 e. The SMILES string of the molecule is Cc1ccc(-c2ccccc2)c(C(=O)N2CCC[C@@H](C)[C@H]2CCc2ccc(C(F)(F)F)cn2)n1. The number of nitrogens with zero attached hydrogens (tertiary/aromatic N) is 3. The van der Waals surface area contributed by atoms with Crippen LogP contribution < -0.4 is 0 Å². The van der Waals surface area contributed by atoms with Gasteiger partial charge in [0.2, 0.25) is 0 Å². The fourth-order valence-corrected chi connectivity index (χ4v) is 4.68. The average Bonchev–Trinajstić information content (AvgIpc) is 2.83. The molecule has 0 bridgehead atoms. The number of likely N-dealkylation sites (tertiary alicyclic amines) is 1. The molecule has 4 rings (SSSR count). The van der Waals surface area contributed by atoms with Gasteiger partial charge in [0.05, 0.1) is 5.56 Å². The average molecular weight is 468 g/mol. The molecule has 0 N–H and O–H groups in total. The highest BCUT2D eigenvalue weighted by Crippen LogP contribution is 2.32. The zero-order valence-corrected chi connectivity index (χ0v) is 19.3. The lowest BCUT2D eigenvalue weighted by Gasteiger charge is -2.40. The molecule has 0 unspecified atom stereocenters. The smallest absolute Gasteiger partial charge is 0.334 e. The fraction of sp³-hybridized carbons (Fsp3) is 0.370. The van der Waals surface area contributed by atoms with E-state index in [9.17, 15) is 18.0 Å². The minimum atomic E-state index is -4.40. The minimum absolute atomic E-state index is 0.0312. The number of piperidine rings is 1. The number of aromatic nitrogens is 2. The molecular weight excluding hydrogens is 439 g/mol. The molecule has 3 heterocycles. The van der Waals surface area contributed by atoms with Gasteiger partial charge in [-0.2, -0.15) is 13.2 Å². The van der Waals surface area contributed by atoms with E-state index in [1.165, 1.54) is 6.07 Å². The Morgan fingerprint density at radius 2 is 1.85 bits per heavy atom. The first kappa shape index (κ1) is 23.9. The molecule has 0 saturated carbocycles. The van der Waals surface area contributed by atoms with Crippen LogP contribution in [0, 0.1) is 12.8 Å². The van der Waals surface area contributed by atoms with E-state index in [1.54, 1.807) is 0 Å². The van der Waals surface area contributed by atoms with E-state index in [1.807, 2.05) is 54.3 Å². The van der Waals surface area contributed by atoms with Gasteiger partial charge in [-0.25, -0.2) is 4.98 Å². The summed E-state index contributed by atoms with van der Waals surface area (Å²) in [5.41, 5.74) is 2.80. The van der Waals surface area contributed by atoms with E-state index < -0.39 is 11.7 Å². The summed E-state index contributed by atoms with van der Waals surface area (Å²) in [6.45, 7) is 4.64. The van der Waals surface area contributed by atoms with E-state index >= 15 is 0 Å². The maximum Gasteiger partial charge on any atom is 0.417 e. The lowest BCUT2D eigenvalue weighted by Crippen LogP contribution is -2.48. The highest BCUT2D eigenvalue weighted by atomic mass is 19.4. The number of benzene rings is 1. The van der Waals surface area contributed by atoms with E-state index in [0.29, 0.717) is 30.8 Å². The number of halogens is 3. The van der Waals surface area contributed by atoms with Gasteiger partial charge in [-0.05, 0) is 62.3 Å². The van der Waals surface area contributed by atoms with Crippen molar-refractivity contribution in [3.05, 3.63) is 83.4 Å². The van der Waals surface area contributed by atoms with Crippen LogP contribution in [0.15, 0.2) is 60.8 Å². The van der Waals surface area contributed by atoms with Crippen LogP contribution in [-0.4, -0.2) is 33.4 Å². The van der Waals surface area contributed by atoms with Crippen LogP contribution in [0.3, 0.4) is 0 Å². The maximum absolute atomic E-state index is 13.8. The number of carbonyl (C=O) groups is 1. The Labute approximate surface area is 197 Å². The summed E-state index contributed by atoms with van der Waals surface area (Å²) >= 11 is 0. The van der Waals surface area contributed by atoms with Crippen molar-refractivity contribution in [2.45, 2.75) is 51.7 Å². The second kappa shape index (κ2) is 9.95. The van der Waals surface area contributed by atoms with E-state index in [-0.39, 0.29) is 17.9 Å². The Balaban J connectivity index is 1.57. The molecule has 1 fully saturated rings. The van der Waals surface area contributed by atoms with Crippen LogP contribution in [-0.2, 0) is 12.6 Å². The second-order valence-corrected chi connectivity index (χ2v) is 8.97. The molecule has 178 valence electrons. The third-order valence-corrected chi connectivity index (χ3v) is 6.55. The Hall–Kier alpha value is -3.22. The summed E-state index contributed by atoms with van der Waals surface area (Å²) in [6.07, 6.45) is -0.465. The van der Waals surface area contributed by atoms with Crippen LogP contribution in [0.2, 0.25) is 0 Å². The van der Waals surface area contributed by atoms with Gasteiger partial charge in [0, 0.05) is 35.7 Å². The van der Waals surface area contributed by atoms with Crippen LogP contribution in [0.1, 0.15) is 53.6 Å². The lowest BCUT2D eigenvalue weighted by atomic mass is 9.86. The summed E-state index contributed by atoms with van der Waals surface area (Å²) in [4.78, 5) is 24.3. The molecule has 1 aliphatic rings. The summed E-state index contributed by atoms with van der Waals surface area (Å²) in [7, 11) is 0. The third kappa shape index (κ3) is 5.29. The number of alkyl halides is 3. The lowest BCUT2D eigenvalue weighted by molar-refractivity contribution is -0.137. The molecule has 1 aliphatic heterocycles. The van der Waals surface area contributed by atoms with Crippen molar-refractivity contribution in [3.63, 3.8) is 0 Å². The number of hydrogen-bond acceptors (Lipinski definition) is 3. The number of carbonyl (C=O) groups excluding carboxylic acids is 1. The molecular formula is C27H28F3N3O. The summed E-state index contributed by atoms with van der Waals surface area (Å²) in [5, 5.41) is 0. The van der Waals surface area contributed by atoms with Crippen molar-refractivity contribution >= 4 is 5.91 Å². The van der Waals surface area contributed by atoms with Crippen LogP contribution >= 0.6 is 0 Å². The van der Waals surface area contributed by atoms with Gasteiger partial charge >= 0.3 is 6.18 Å². The van der Waals surface area contributed by atoms with Gasteiger partial charge in [0.25, 0.3) is 5.91 Å². The molecule has 7 heteroatoms. The van der Waals surface area contributed by atoms with Crippen LogP contribution in [0.4, 0.5) is 13.2 Å². The second-order valence-electron chi connectivity index (χ2n) is 8.97. The zero-order valence-electron chi connectivity index (χ0n) is 19.3. The number of rotatable bonds is 5. The molecule has 0 radical (unpaired) electrons. The van der Waals surface area contributed by atoms with Crippen molar-refractivity contribution in [2.24, 2.45) is 5.92 Å². The van der Waals surface area contributed by atoms with E-state index in [2.05, 4.69) is 16.9 Å². The van der Waals surface area contributed by atoms with Gasteiger partial charge in [-0.15, -0.1) is 0 Å². The Morgan fingerprint density at radius 3 is 2.53 bits per heavy atom. The van der Waals surface area contributed by atoms with Crippen molar-refractivity contribution < 1.29 is 18.0 Å². The first-order valence-corrected chi connectivity index (χ1v) is 11.6. The van der Waals surface area contributed by atoms with Crippen molar-refractivity contribution in [2.75, 3.05) is 6.54 Å². The molecule has 2 aromatic heterocycles. The molecule has 1 aromatic carbocycles. The van der Waals surface area contributed by atoms with Crippen molar-refractivity contribution in [3.8, 4) is 11.1 Å². The van der Waals surface area contributed by atoms with Crippen LogP contribution in [0.5, 0.6) is 0 Å². The third-order valence-electron chi connectivity index (χ3n) is 6.55. The molecule has 2 atom stereocenters. The largest absolute Gasteiger partial charge is 0.417 e. The Bertz CT molecular complexity index is 1130. The van der Waals surface area contributed by atoms with E-state index in [4.69, 9.17) is 0 Å². The highest BCUT2D eigenvalue weighted by molar-refractivity contribution is 5.99. The standard InChI is InChI=1S/C27H28F3N3O/c1-18-7-6-16-33(24(18)15-13-22-12-11-21(17-31-22)27(28,29)30)26(34)25-23(14-10-19(2)32-25)20-8-4-3-5-9-20/h3-5,8-12,14,17-18,24H,6-7,13,15-16H2,1-2H3/t18-,24-/m1/s1. The van der Waals surface area contributed by atoms with Gasteiger partial charge in [0.1, 0.15) is 5.69 Å². The molecule has 1 amide bonds. The van der Waals surface area contributed by atoms with Gasteiger partial charge in [-0.3, -0.25) is 9.78 Å². The highest BCUT2D eigenvalue weighted by Gasteiger charge is 2.34. The number of amides is 1. The summed E-state index contributed by atoms with van der Waals surface area (Å²) in [6, 6.07) is 16.1. The molecule has 4 nitrogen and oxygen atoms in total. The Kier molecular flexibility index (Phi) is 7.00. The number of pyridine rings is 2. The molecule has 1 saturated heterocycles. The molecule has 34 heavy (non-hydrogen) atoms. The van der Waals surface area contributed by atoms with Gasteiger partial charge in [-0.1, -0.05) is 43.3 Å². The number of hydrogen-bond donors (Lipinski definition) is 0. The monoisotopic (exact) mass is 467 g/mol. The molecule has 0 spiro atoms. The zero-order chi connectivity index (χ0) is 24.3. The molecule has 3 aromatic rings. The fourth-order valence-electron chi connectivity index (χ4n) is 4.68. The summed E-state index contributed by atoms with van der Waals surface area (Å²) in [5.74, 6) is 0.177. The number of aryl methyl sites for hydroxylation is 2. The summed E-state index contributed by atoms with van der Waals surface area (Å²) < 4.78 is 38.5. The predicted molar refractivity (Wildman–Crippen MR) is 125 cm³/mol. The van der Waals surface area contributed by atoms with Crippen LogP contribution in [0.25, 0.3) is 11.1 Å². The van der Waals surface area contributed by atoms with Crippen molar-refractivity contribution in [1.29, 1.82) is 0 Å². The quantitative estimate of drug-likeness (QED) is 0.440. The first-order valence-electron chi connectivity index (χ1n) is 11.6.